The SMILES string of the molecule is CCN(CC)C(CNC(=O)CC(C)C1CCCNC1)CC(C)C.Cl.Cl. The molecule has 0 saturated carbocycles. The molecule has 0 aromatic carbocycles. The molecule has 25 heavy (non-hydrogen) atoms. The van der Waals surface area contributed by atoms with Gasteiger partial charge in [0, 0.05) is 19.0 Å². The molecule has 3 unspecified atom stereocenters. The first-order valence-electron chi connectivity index (χ1n) is 9.69. The van der Waals surface area contributed by atoms with Crippen LogP contribution < -0.4 is 10.6 Å². The zero-order valence-electron chi connectivity index (χ0n) is 16.8. The summed E-state index contributed by atoms with van der Waals surface area (Å²) >= 11 is 0. The monoisotopic (exact) mass is 397 g/mol. The Hall–Kier alpha value is -0.0300. The molecule has 2 N–H and O–H groups in total. The molecule has 1 aliphatic heterocycles. The van der Waals surface area contributed by atoms with E-state index in [-0.39, 0.29) is 30.7 Å². The average molecular weight is 398 g/mol. The van der Waals surface area contributed by atoms with Gasteiger partial charge in [-0.15, -0.1) is 24.8 Å². The van der Waals surface area contributed by atoms with Crippen molar-refractivity contribution in [2.24, 2.45) is 17.8 Å². The average Bonchev–Trinajstić information content (AvgIpc) is 2.53. The Balaban J connectivity index is 0. The molecule has 1 heterocycles. The van der Waals surface area contributed by atoms with Gasteiger partial charge in [0.05, 0.1) is 0 Å². The van der Waals surface area contributed by atoms with Crippen molar-refractivity contribution < 1.29 is 4.79 Å². The Labute approximate surface area is 168 Å². The second-order valence-electron chi connectivity index (χ2n) is 7.60. The van der Waals surface area contributed by atoms with Gasteiger partial charge in [0.2, 0.25) is 5.91 Å². The molecule has 3 atom stereocenters. The number of likely N-dealkylation sites (N-methyl/N-ethyl adjacent to an activating group) is 1. The van der Waals surface area contributed by atoms with Gasteiger partial charge in [-0.25, -0.2) is 0 Å². The van der Waals surface area contributed by atoms with Crippen molar-refractivity contribution in [1.29, 1.82) is 0 Å². The van der Waals surface area contributed by atoms with Crippen LogP contribution in [0, 0.1) is 17.8 Å². The molecule has 1 amide bonds. The first kappa shape index (κ1) is 27.2. The van der Waals surface area contributed by atoms with E-state index in [0.29, 0.717) is 30.2 Å². The van der Waals surface area contributed by atoms with Crippen molar-refractivity contribution in [2.45, 2.75) is 66.3 Å². The molecule has 0 bridgehead atoms. The standard InChI is InChI=1S/C19H39N3O.2ClH/c1-6-22(7-2)18(11-15(3)4)14-21-19(23)12-16(5)17-9-8-10-20-13-17;;/h15-18,20H,6-14H2,1-5H3,(H,21,23);2*1H. The Kier molecular flexibility index (Phi) is 16.4. The predicted molar refractivity (Wildman–Crippen MR) is 113 cm³/mol. The molecular formula is C19H41Cl2N3O. The Morgan fingerprint density at radius 3 is 2.32 bits per heavy atom. The maximum atomic E-state index is 12.3. The van der Waals surface area contributed by atoms with E-state index in [1.807, 2.05) is 0 Å². The number of carbonyl (C=O) groups excluding carboxylic acids is 1. The summed E-state index contributed by atoms with van der Waals surface area (Å²) in [6.07, 6.45) is 4.31. The van der Waals surface area contributed by atoms with E-state index in [1.165, 1.54) is 12.8 Å². The Bertz CT molecular complexity index is 333. The second-order valence-corrected chi connectivity index (χ2v) is 7.60. The van der Waals surface area contributed by atoms with Crippen LogP contribution in [-0.2, 0) is 4.79 Å². The van der Waals surface area contributed by atoms with Gasteiger partial charge in [-0.2, -0.15) is 0 Å². The third kappa shape index (κ3) is 10.6. The number of amides is 1. The van der Waals surface area contributed by atoms with Crippen LogP contribution in [0.4, 0.5) is 0 Å². The molecule has 0 aromatic rings. The van der Waals surface area contributed by atoms with Gasteiger partial charge >= 0.3 is 0 Å². The van der Waals surface area contributed by atoms with Crippen molar-refractivity contribution in [2.75, 3.05) is 32.7 Å². The number of rotatable bonds is 10. The first-order valence-corrected chi connectivity index (χ1v) is 9.69. The maximum absolute atomic E-state index is 12.3. The van der Waals surface area contributed by atoms with Crippen molar-refractivity contribution in [3.05, 3.63) is 0 Å². The molecular weight excluding hydrogens is 357 g/mol. The lowest BCUT2D eigenvalue weighted by atomic mass is 9.85. The Morgan fingerprint density at radius 2 is 1.84 bits per heavy atom. The molecule has 1 saturated heterocycles. The zero-order chi connectivity index (χ0) is 17.2. The van der Waals surface area contributed by atoms with Crippen LogP contribution in [0.25, 0.3) is 0 Å². The highest BCUT2D eigenvalue weighted by Gasteiger charge is 2.23. The summed E-state index contributed by atoms with van der Waals surface area (Å²) in [7, 11) is 0. The fraction of sp³-hybridized carbons (Fsp3) is 0.947. The van der Waals surface area contributed by atoms with Crippen LogP contribution in [0.5, 0.6) is 0 Å². The maximum Gasteiger partial charge on any atom is 0.220 e. The number of hydrogen-bond donors (Lipinski definition) is 2. The molecule has 1 rings (SSSR count). The van der Waals surface area contributed by atoms with Crippen molar-refractivity contribution in [3.8, 4) is 0 Å². The van der Waals surface area contributed by atoms with Crippen molar-refractivity contribution in [1.82, 2.24) is 15.5 Å². The molecule has 0 radical (unpaired) electrons. The summed E-state index contributed by atoms with van der Waals surface area (Å²) in [5, 5.41) is 6.66. The van der Waals surface area contributed by atoms with Crippen LogP contribution in [-0.4, -0.2) is 49.6 Å². The topological polar surface area (TPSA) is 44.4 Å². The van der Waals surface area contributed by atoms with E-state index in [9.17, 15) is 4.79 Å². The minimum absolute atomic E-state index is 0. The van der Waals surface area contributed by atoms with E-state index in [1.54, 1.807) is 0 Å². The second kappa shape index (κ2) is 15.1. The summed E-state index contributed by atoms with van der Waals surface area (Å²) in [6.45, 7) is 16.3. The van der Waals surface area contributed by atoms with E-state index in [0.717, 1.165) is 39.1 Å². The van der Waals surface area contributed by atoms with E-state index in [4.69, 9.17) is 0 Å². The largest absolute Gasteiger partial charge is 0.355 e. The summed E-state index contributed by atoms with van der Waals surface area (Å²) in [5.41, 5.74) is 0. The predicted octanol–water partition coefficient (Wildman–Crippen LogP) is 3.73. The summed E-state index contributed by atoms with van der Waals surface area (Å²) in [4.78, 5) is 14.8. The van der Waals surface area contributed by atoms with Gasteiger partial charge in [-0.3, -0.25) is 9.69 Å². The van der Waals surface area contributed by atoms with Crippen molar-refractivity contribution in [3.63, 3.8) is 0 Å². The normalized spacial score (nSPS) is 19.7. The highest BCUT2D eigenvalue weighted by atomic mass is 35.5. The third-order valence-corrected chi connectivity index (χ3v) is 5.25. The molecule has 0 aromatic heterocycles. The van der Waals surface area contributed by atoms with Gasteiger partial charge in [0.1, 0.15) is 0 Å². The summed E-state index contributed by atoms with van der Waals surface area (Å²) < 4.78 is 0. The number of hydrogen-bond acceptors (Lipinski definition) is 3. The quantitative estimate of drug-likeness (QED) is 0.589. The van der Waals surface area contributed by atoms with Crippen LogP contribution in [0.2, 0.25) is 0 Å². The van der Waals surface area contributed by atoms with Gasteiger partial charge in [0.25, 0.3) is 0 Å². The van der Waals surface area contributed by atoms with Gasteiger partial charge in [-0.05, 0) is 63.2 Å². The number of nitrogens with zero attached hydrogens (tertiary/aromatic N) is 1. The Morgan fingerprint density at radius 1 is 1.20 bits per heavy atom. The van der Waals surface area contributed by atoms with Gasteiger partial charge < -0.3 is 10.6 Å². The van der Waals surface area contributed by atoms with E-state index < -0.39 is 0 Å². The third-order valence-electron chi connectivity index (χ3n) is 5.25. The van der Waals surface area contributed by atoms with Crippen LogP contribution in [0.1, 0.15) is 60.3 Å². The highest BCUT2D eigenvalue weighted by Crippen LogP contribution is 2.22. The molecule has 1 fully saturated rings. The molecule has 0 spiro atoms. The highest BCUT2D eigenvalue weighted by molar-refractivity contribution is 5.85. The molecule has 4 nitrogen and oxygen atoms in total. The summed E-state index contributed by atoms with van der Waals surface area (Å²) in [6, 6.07) is 0.459. The molecule has 0 aliphatic carbocycles. The lowest BCUT2D eigenvalue weighted by Gasteiger charge is -2.32. The van der Waals surface area contributed by atoms with Crippen LogP contribution in [0.15, 0.2) is 0 Å². The number of nitrogens with one attached hydrogen (secondary N) is 2. The molecule has 1 aliphatic rings. The van der Waals surface area contributed by atoms with Gasteiger partial charge in [0.15, 0.2) is 0 Å². The fourth-order valence-corrected chi connectivity index (χ4v) is 3.77. The summed E-state index contributed by atoms with van der Waals surface area (Å²) in [5.74, 6) is 2.01. The van der Waals surface area contributed by atoms with Crippen LogP contribution in [0.3, 0.4) is 0 Å². The fourth-order valence-electron chi connectivity index (χ4n) is 3.77. The van der Waals surface area contributed by atoms with E-state index >= 15 is 0 Å². The van der Waals surface area contributed by atoms with Crippen LogP contribution >= 0.6 is 24.8 Å². The zero-order valence-corrected chi connectivity index (χ0v) is 18.5. The lowest BCUT2D eigenvalue weighted by Crippen LogP contribution is -2.45. The number of carbonyl (C=O) groups is 1. The lowest BCUT2D eigenvalue weighted by molar-refractivity contribution is -0.122. The van der Waals surface area contributed by atoms with E-state index in [2.05, 4.69) is 50.2 Å². The molecule has 6 heteroatoms. The van der Waals surface area contributed by atoms with Crippen molar-refractivity contribution >= 4 is 30.7 Å². The molecule has 152 valence electrons. The first-order chi connectivity index (χ1) is 11.0. The van der Waals surface area contributed by atoms with Gasteiger partial charge in [-0.1, -0.05) is 34.6 Å². The number of piperidine rings is 1. The number of halogens is 2. The minimum Gasteiger partial charge on any atom is -0.355 e. The smallest absolute Gasteiger partial charge is 0.220 e. The minimum atomic E-state index is 0.